The maximum absolute atomic E-state index is 14.2. The van der Waals surface area contributed by atoms with Crippen LogP contribution in [0, 0.1) is 5.92 Å². The number of hydrogen-bond acceptors (Lipinski definition) is 5. The first-order chi connectivity index (χ1) is 22.4. The first-order valence-corrected chi connectivity index (χ1v) is 17.0. The van der Waals surface area contributed by atoms with Crippen LogP contribution in [0.1, 0.15) is 48.8 Å². The van der Waals surface area contributed by atoms with Gasteiger partial charge in [0.1, 0.15) is 24.6 Å². The summed E-state index contributed by atoms with van der Waals surface area (Å²) < 4.78 is 6.95. The van der Waals surface area contributed by atoms with Crippen molar-refractivity contribution in [1.82, 2.24) is 25.1 Å². The number of benzene rings is 3. The predicted octanol–water partition coefficient (Wildman–Crippen LogP) is 5.59. The Morgan fingerprint density at radius 3 is 2.30 bits per heavy atom. The van der Waals surface area contributed by atoms with E-state index in [1.54, 1.807) is 22.0 Å². The number of likely N-dealkylation sites (N-methyl/N-ethyl adjacent to an activating group) is 1. The molecular formula is C36H42BrN5O4. The lowest BCUT2D eigenvalue weighted by atomic mass is 9.88. The summed E-state index contributed by atoms with van der Waals surface area (Å²) in [5, 5.41) is 6.36. The number of hydrogen-bond donors (Lipinski definition) is 1. The topological polar surface area (TPSA) is 85.4 Å². The number of nitrogens with one attached hydrogen (secondary N) is 1. The fourth-order valence-corrected chi connectivity index (χ4v) is 7.16. The number of ether oxygens (including phenoxy) is 1. The average Bonchev–Trinajstić information content (AvgIpc) is 3.07. The van der Waals surface area contributed by atoms with Crippen LogP contribution >= 0.6 is 15.9 Å². The first kappa shape index (κ1) is 32.1. The summed E-state index contributed by atoms with van der Waals surface area (Å²) in [6, 6.07) is 24.6. The Hall–Kier alpha value is -3.89. The maximum atomic E-state index is 14.2. The molecule has 2 atom stereocenters. The Balaban J connectivity index is 1.21. The van der Waals surface area contributed by atoms with Gasteiger partial charge in [0.15, 0.2) is 0 Å². The molecule has 10 heteroatoms. The highest BCUT2D eigenvalue weighted by atomic mass is 79.9. The molecule has 3 fully saturated rings. The van der Waals surface area contributed by atoms with Gasteiger partial charge in [-0.05, 0) is 59.7 Å². The summed E-state index contributed by atoms with van der Waals surface area (Å²) in [6.45, 7) is 1.78. The van der Waals surface area contributed by atoms with Crippen LogP contribution in [0.2, 0.25) is 0 Å². The van der Waals surface area contributed by atoms with Gasteiger partial charge in [0.2, 0.25) is 11.8 Å². The largest absolute Gasteiger partial charge is 0.489 e. The predicted molar refractivity (Wildman–Crippen MR) is 179 cm³/mol. The summed E-state index contributed by atoms with van der Waals surface area (Å²) >= 11 is 3.46. The van der Waals surface area contributed by atoms with E-state index in [1.807, 2.05) is 83.8 Å². The van der Waals surface area contributed by atoms with E-state index in [4.69, 9.17) is 4.74 Å². The minimum absolute atomic E-state index is 0.0148. The minimum atomic E-state index is -0.707. The van der Waals surface area contributed by atoms with E-state index in [0.717, 1.165) is 39.8 Å². The van der Waals surface area contributed by atoms with Crippen LogP contribution in [0.15, 0.2) is 83.3 Å². The van der Waals surface area contributed by atoms with Gasteiger partial charge in [-0.2, -0.15) is 0 Å². The summed E-state index contributed by atoms with van der Waals surface area (Å²) in [4.78, 5) is 45.2. The number of carbonyl (C=O) groups excluding carboxylic acids is 3. The Kier molecular flexibility index (Phi) is 10.2. The zero-order valence-corrected chi connectivity index (χ0v) is 27.9. The molecule has 46 heavy (non-hydrogen) atoms. The quantitative estimate of drug-likeness (QED) is 0.317. The summed E-state index contributed by atoms with van der Waals surface area (Å²) in [5.41, 5.74) is 2.99. The molecule has 2 aliphatic heterocycles. The minimum Gasteiger partial charge on any atom is -0.489 e. The van der Waals surface area contributed by atoms with Gasteiger partial charge in [0, 0.05) is 31.0 Å². The number of hydrazine groups is 1. The molecule has 0 bridgehead atoms. The molecule has 1 N–H and O–H groups in total. The Labute approximate surface area is 279 Å². The van der Waals surface area contributed by atoms with Crippen molar-refractivity contribution in [3.8, 4) is 5.75 Å². The molecule has 0 unspecified atom stereocenters. The lowest BCUT2D eigenvalue weighted by Crippen LogP contribution is -2.76. The second kappa shape index (κ2) is 14.7. The molecule has 242 valence electrons. The second-order valence-corrected chi connectivity index (χ2v) is 13.5. The van der Waals surface area contributed by atoms with Gasteiger partial charge in [0.25, 0.3) is 0 Å². The molecule has 0 aromatic heterocycles. The highest BCUT2D eigenvalue weighted by molar-refractivity contribution is 9.10. The fraction of sp³-hybridized carbons (Fsp3) is 0.417. The lowest BCUT2D eigenvalue weighted by Gasteiger charge is -2.54. The fourth-order valence-electron chi connectivity index (χ4n) is 6.90. The molecule has 2 heterocycles. The van der Waals surface area contributed by atoms with Crippen LogP contribution in [0.4, 0.5) is 4.79 Å². The van der Waals surface area contributed by atoms with Crippen molar-refractivity contribution in [2.45, 2.75) is 63.9 Å². The zero-order valence-electron chi connectivity index (χ0n) is 26.3. The molecule has 6 rings (SSSR count). The monoisotopic (exact) mass is 687 g/mol. The summed E-state index contributed by atoms with van der Waals surface area (Å²) in [7, 11) is 1.76. The third-order valence-corrected chi connectivity index (χ3v) is 9.84. The second-order valence-electron chi connectivity index (χ2n) is 12.6. The van der Waals surface area contributed by atoms with Crippen LogP contribution < -0.4 is 10.1 Å². The molecule has 3 aromatic carbocycles. The smallest absolute Gasteiger partial charge is 0.334 e. The Morgan fingerprint density at radius 2 is 1.59 bits per heavy atom. The number of nitrogens with zero attached hydrogens (tertiary/aromatic N) is 4. The SMILES string of the molecule is CN1CC(=O)N2[C@H](Cc3ccc(OCc4ccccc4)cc3)C(=O)N(CC3CCCCC3)C[C@@H]2N1C(=O)NCc1ccc(Br)cc1. The number of urea groups is 1. The number of piperazine rings is 1. The van der Waals surface area contributed by atoms with Gasteiger partial charge in [-0.25, -0.2) is 14.8 Å². The van der Waals surface area contributed by atoms with Gasteiger partial charge < -0.3 is 19.9 Å². The highest BCUT2D eigenvalue weighted by Crippen LogP contribution is 2.31. The van der Waals surface area contributed by atoms with E-state index in [9.17, 15) is 14.4 Å². The van der Waals surface area contributed by atoms with Gasteiger partial charge in [0.05, 0.1) is 13.1 Å². The molecule has 1 aliphatic carbocycles. The number of halogens is 1. The van der Waals surface area contributed by atoms with Crippen molar-refractivity contribution in [3.63, 3.8) is 0 Å². The van der Waals surface area contributed by atoms with E-state index < -0.39 is 12.2 Å². The van der Waals surface area contributed by atoms with E-state index in [0.29, 0.717) is 38.6 Å². The van der Waals surface area contributed by atoms with Crippen molar-refractivity contribution in [2.24, 2.45) is 5.92 Å². The highest BCUT2D eigenvalue weighted by Gasteiger charge is 2.50. The van der Waals surface area contributed by atoms with Crippen LogP contribution in [-0.4, -0.2) is 76.6 Å². The Bertz CT molecular complexity index is 1500. The van der Waals surface area contributed by atoms with Crippen molar-refractivity contribution in [1.29, 1.82) is 0 Å². The number of carbonyl (C=O) groups is 3. The van der Waals surface area contributed by atoms with E-state index in [1.165, 1.54) is 19.3 Å². The van der Waals surface area contributed by atoms with E-state index in [2.05, 4.69) is 21.2 Å². The zero-order chi connectivity index (χ0) is 32.0. The van der Waals surface area contributed by atoms with Crippen molar-refractivity contribution >= 4 is 33.8 Å². The molecule has 4 amide bonds. The number of rotatable bonds is 9. The normalized spacial score (nSPS) is 20.9. The van der Waals surface area contributed by atoms with Crippen LogP contribution in [0.5, 0.6) is 5.75 Å². The summed E-state index contributed by atoms with van der Waals surface area (Å²) in [5.74, 6) is 0.980. The van der Waals surface area contributed by atoms with Gasteiger partial charge >= 0.3 is 6.03 Å². The Morgan fingerprint density at radius 1 is 0.891 bits per heavy atom. The van der Waals surface area contributed by atoms with Crippen LogP contribution in [0.25, 0.3) is 0 Å². The van der Waals surface area contributed by atoms with E-state index >= 15 is 0 Å². The van der Waals surface area contributed by atoms with Gasteiger partial charge in [-0.3, -0.25) is 9.59 Å². The molecule has 3 aromatic rings. The molecule has 3 aliphatic rings. The molecular weight excluding hydrogens is 646 g/mol. The number of fused-ring (bicyclic) bond motifs is 1. The van der Waals surface area contributed by atoms with Crippen molar-refractivity contribution in [3.05, 3.63) is 100 Å². The van der Waals surface area contributed by atoms with Crippen LogP contribution in [-0.2, 0) is 29.2 Å². The summed E-state index contributed by atoms with van der Waals surface area (Å²) in [6.07, 6.45) is 5.55. The third kappa shape index (κ3) is 7.56. The van der Waals surface area contributed by atoms with Crippen molar-refractivity contribution < 1.29 is 19.1 Å². The standard InChI is InChI=1S/C36H42BrN5O4/c1-39-24-34(43)41-32(20-26-14-18-31(19-15-26)46-25-29-10-6-3-7-11-29)35(44)40(22-28-8-4-2-5-9-28)23-33(41)42(39)36(45)38-21-27-12-16-30(37)17-13-27/h3,6-7,10-19,28,32-33H,2,4-5,8-9,20-25H2,1H3,(H,38,45)/t32-,33+/m1/s1. The average molecular weight is 689 g/mol. The maximum Gasteiger partial charge on any atom is 0.334 e. The van der Waals surface area contributed by atoms with Gasteiger partial charge in [-0.1, -0.05) is 89.8 Å². The molecule has 2 saturated heterocycles. The molecule has 0 radical (unpaired) electrons. The first-order valence-electron chi connectivity index (χ1n) is 16.2. The molecule has 1 saturated carbocycles. The number of amides is 4. The lowest BCUT2D eigenvalue weighted by molar-refractivity contribution is -0.187. The van der Waals surface area contributed by atoms with Gasteiger partial charge in [-0.15, -0.1) is 0 Å². The van der Waals surface area contributed by atoms with Crippen LogP contribution in [0.3, 0.4) is 0 Å². The molecule has 0 spiro atoms. The van der Waals surface area contributed by atoms with Crippen molar-refractivity contribution in [2.75, 3.05) is 26.7 Å². The molecule has 9 nitrogen and oxygen atoms in total. The van der Waals surface area contributed by atoms with E-state index in [-0.39, 0.29) is 24.4 Å². The third-order valence-electron chi connectivity index (χ3n) is 9.31.